The number of pyridine rings is 1. The molecule has 0 aliphatic rings. The van der Waals surface area contributed by atoms with Crippen molar-refractivity contribution in [3.05, 3.63) is 60.4 Å². The molecule has 0 radical (unpaired) electrons. The molecule has 26 heavy (non-hydrogen) atoms. The Morgan fingerprint density at radius 1 is 1.31 bits per heavy atom. The quantitative estimate of drug-likeness (QED) is 0.530. The van der Waals surface area contributed by atoms with Crippen LogP contribution in [0.5, 0.6) is 5.75 Å². The molecule has 3 N–H and O–H groups in total. The van der Waals surface area contributed by atoms with Gasteiger partial charge in [0.15, 0.2) is 23.1 Å². The predicted molar refractivity (Wildman–Crippen MR) is 101 cm³/mol. The SMILES string of the molecule is Nc1cccc(-c2cn3cccc(OCC(=O)Nc4nccs4)c3n2)c1. The van der Waals surface area contributed by atoms with Crippen molar-refractivity contribution in [1.82, 2.24) is 14.4 Å². The lowest BCUT2D eigenvalue weighted by Crippen LogP contribution is -2.20. The van der Waals surface area contributed by atoms with Crippen molar-refractivity contribution >= 4 is 33.7 Å². The van der Waals surface area contributed by atoms with Crippen LogP contribution in [-0.4, -0.2) is 26.9 Å². The van der Waals surface area contributed by atoms with Gasteiger partial charge in [0.25, 0.3) is 5.91 Å². The van der Waals surface area contributed by atoms with Gasteiger partial charge in [0.1, 0.15) is 0 Å². The number of nitrogen functional groups attached to an aromatic ring is 1. The molecular weight excluding hydrogens is 350 g/mol. The molecule has 0 aliphatic heterocycles. The third-order valence-electron chi connectivity index (χ3n) is 3.67. The summed E-state index contributed by atoms with van der Waals surface area (Å²) in [6.07, 6.45) is 5.40. The minimum Gasteiger partial charge on any atom is -0.480 e. The van der Waals surface area contributed by atoms with E-state index in [1.54, 1.807) is 17.6 Å². The van der Waals surface area contributed by atoms with E-state index in [1.807, 2.05) is 47.1 Å². The van der Waals surface area contributed by atoms with Gasteiger partial charge in [0, 0.05) is 35.2 Å². The monoisotopic (exact) mass is 365 g/mol. The third kappa shape index (κ3) is 3.35. The molecule has 0 saturated carbocycles. The molecule has 1 amide bonds. The number of imidazole rings is 1. The van der Waals surface area contributed by atoms with Gasteiger partial charge in [0.2, 0.25) is 0 Å². The van der Waals surface area contributed by atoms with Crippen molar-refractivity contribution in [3.8, 4) is 17.0 Å². The van der Waals surface area contributed by atoms with Crippen LogP contribution in [0.15, 0.2) is 60.4 Å². The molecular formula is C18H15N5O2S. The van der Waals surface area contributed by atoms with E-state index in [0.717, 1.165) is 11.3 Å². The number of benzene rings is 1. The lowest BCUT2D eigenvalue weighted by Gasteiger charge is -2.06. The first kappa shape index (κ1) is 16.1. The van der Waals surface area contributed by atoms with Crippen molar-refractivity contribution < 1.29 is 9.53 Å². The lowest BCUT2D eigenvalue weighted by atomic mass is 10.1. The van der Waals surface area contributed by atoms with Gasteiger partial charge >= 0.3 is 0 Å². The zero-order chi connectivity index (χ0) is 17.9. The molecule has 0 saturated heterocycles. The van der Waals surface area contributed by atoms with Crippen molar-refractivity contribution in [2.45, 2.75) is 0 Å². The predicted octanol–water partition coefficient (Wildman–Crippen LogP) is 3.06. The fourth-order valence-corrected chi connectivity index (χ4v) is 3.07. The van der Waals surface area contributed by atoms with Crippen molar-refractivity contribution in [1.29, 1.82) is 0 Å². The van der Waals surface area contributed by atoms with E-state index in [9.17, 15) is 4.79 Å². The molecule has 4 aromatic rings. The molecule has 0 spiro atoms. The number of rotatable bonds is 5. The largest absolute Gasteiger partial charge is 0.480 e. The first-order chi connectivity index (χ1) is 12.7. The van der Waals surface area contributed by atoms with Crippen molar-refractivity contribution in [2.75, 3.05) is 17.7 Å². The Kier molecular flexibility index (Phi) is 4.24. The van der Waals surface area contributed by atoms with Gasteiger partial charge in [-0.3, -0.25) is 10.1 Å². The van der Waals surface area contributed by atoms with Crippen LogP contribution >= 0.6 is 11.3 Å². The van der Waals surface area contributed by atoms with Gasteiger partial charge < -0.3 is 14.9 Å². The minimum absolute atomic E-state index is 0.125. The average Bonchev–Trinajstić information content (AvgIpc) is 3.29. The van der Waals surface area contributed by atoms with Gasteiger partial charge in [-0.15, -0.1) is 11.3 Å². The number of ether oxygens (including phenoxy) is 1. The molecule has 0 unspecified atom stereocenters. The van der Waals surface area contributed by atoms with Crippen LogP contribution in [0.25, 0.3) is 16.9 Å². The summed E-state index contributed by atoms with van der Waals surface area (Å²) < 4.78 is 7.51. The molecule has 4 rings (SSSR count). The molecule has 0 bridgehead atoms. The fraction of sp³-hybridized carbons (Fsp3) is 0.0556. The maximum absolute atomic E-state index is 12.0. The Bertz CT molecular complexity index is 1060. The molecule has 130 valence electrons. The van der Waals surface area contributed by atoms with Crippen LogP contribution in [0.1, 0.15) is 0 Å². The van der Waals surface area contributed by atoms with Crippen LogP contribution in [0.2, 0.25) is 0 Å². The maximum atomic E-state index is 12.0. The first-order valence-electron chi connectivity index (χ1n) is 7.85. The summed E-state index contributed by atoms with van der Waals surface area (Å²) in [7, 11) is 0. The van der Waals surface area contributed by atoms with E-state index in [2.05, 4.69) is 15.3 Å². The zero-order valence-electron chi connectivity index (χ0n) is 13.6. The minimum atomic E-state index is -0.274. The standard InChI is InChI=1S/C18H15N5O2S/c19-13-4-1-3-12(9-13)14-10-23-7-2-5-15(17(23)21-14)25-11-16(24)22-18-20-6-8-26-18/h1-10H,11,19H2,(H,20,22,24). The molecule has 0 fully saturated rings. The van der Waals surface area contributed by atoms with Crippen LogP contribution < -0.4 is 15.8 Å². The molecule has 3 aromatic heterocycles. The highest BCUT2D eigenvalue weighted by Gasteiger charge is 2.11. The summed E-state index contributed by atoms with van der Waals surface area (Å²) in [5, 5.41) is 5.01. The van der Waals surface area contributed by atoms with Gasteiger partial charge in [-0.1, -0.05) is 12.1 Å². The number of nitrogens with one attached hydrogen (secondary N) is 1. The number of thiazole rings is 1. The van der Waals surface area contributed by atoms with E-state index in [-0.39, 0.29) is 12.5 Å². The summed E-state index contributed by atoms with van der Waals surface area (Å²) in [5.74, 6) is 0.251. The zero-order valence-corrected chi connectivity index (χ0v) is 14.4. The highest BCUT2D eigenvalue weighted by atomic mass is 32.1. The summed E-state index contributed by atoms with van der Waals surface area (Å²) >= 11 is 1.35. The number of fused-ring (bicyclic) bond motifs is 1. The Morgan fingerprint density at radius 3 is 3.04 bits per heavy atom. The number of aromatic nitrogens is 3. The Morgan fingerprint density at radius 2 is 2.23 bits per heavy atom. The number of hydrogen-bond donors (Lipinski definition) is 2. The smallest absolute Gasteiger partial charge is 0.264 e. The molecule has 0 atom stereocenters. The summed E-state index contributed by atoms with van der Waals surface area (Å²) in [4.78, 5) is 20.6. The second kappa shape index (κ2) is 6.85. The topological polar surface area (TPSA) is 94.5 Å². The first-order valence-corrected chi connectivity index (χ1v) is 8.73. The van der Waals surface area contributed by atoms with Gasteiger partial charge in [-0.05, 0) is 24.3 Å². The summed E-state index contributed by atoms with van der Waals surface area (Å²) in [6.45, 7) is -0.125. The number of amides is 1. The van der Waals surface area contributed by atoms with E-state index in [4.69, 9.17) is 10.5 Å². The molecule has 1 aromatic carbocycles. The number of nitrogens with zero attached hydrogens (tertiary/aromatic N) is 3. The van der Waals surface area contributed by atoms with Crippen LogP contribution in [0.3, 0.4) is 0 Å². The maximum Gasteiger partial charge on any atom is 0.264 e. The lowest BCUT2D eigenvalue weighted by molar-refractivity contribution is -0.118. The van der Waals surface area contributed by atoms with E-state index in [0.29, 0.717) is 22.2 Å². The molecule has 8 heteroatoms. The highest BCUT2D eigenvalue weighted by molar-refractivity contribution is 7.13. The number of carbonyl (C=O) groups is 1. The normalized spacial score (nSPS) is 10.8. The summed E-state index contributed by atoms with van der Waals surface area (Å²) in [6, 6.07) is 11.1. The van der Waals surface area contributed by atoms with E-state index < -0.39 is 0 Å². The van der Waals surface area contributed by atoms with Crippen molar-refractivity contribution in [3.63, 3.8) is 0 Å². The van der Waals surface area contributed by atoms with Gasteiger partial charge in [0.05, 0.1) is 5.69 Å². The van der Waals surface area contributed by atoms with E-state index in [1.165, 1.54) is 11.3 Å². The molecule has 0 aliphatic carbocycles. The van der Waals surface area contributed by atoms with E-state index >= 15 is 0 Å². The number of anilines is 2. The number of carbonyl (C=O) groups excluding carboxylic acids is 1. The highest BCUT2D eigenvalue weighted by Crippen LogP contribution is 2.25. The Balaban J connectivity index is 1.55. The second-order valence-corrected chi connectivity index (χ2v) is 6.42. The number of hydrogen-bond acceptors (Lipinski definition) is 6. The Labute approximate surface area is 153 Å². The summed E-state index contributed by atoms with van der Waals surface area (Å²) in [5.41, 5.74) is 8.85. The van der Waals surface area contributed by atoms with Crippen LogP contribution in [0.4, 0.5) is 10.8 Å². The fourth-order valence-electron chi connectivity index (χ4n) is 2.52. The third-order valence-corrected chi connectivity index (χ3v) is 4.36. The van der Waals surface area contributed by atoms with Crippen molar-refractivity contribution in [2.24, 2.45) is 0 Å². The molecule has 7 nitrogen and oxygen atoms in total. The Hall–Kier alpha value is -3.39. The molecule has 3 heterocycles. The average molecular weight is 365 g/mol. The number of nitrogens with two attached hydrogens (primary N) is 1. The van der Waals surface area contributed by atoms with Gasteiger partial charge in [-0.2, -0.15) is 0 Å². The van der Waals surface area contributed by atoms with Gasteiger partial charge in [-0.25, -0.2) is 9.97 Å². The van der Waals surface area contributed by atoms with Crippen LogP contribution in [0, 0.1) is 0 Å². The van der Waals surface area contributed by atoms with Crippen LogP contribution in [-0.2, 0) is 4.79 Å². The second-order valence-electron chi connectivity index (χ2n) is 5.53.